The van der Waals surface area contributed by atoms with Crippen molar-refractivity contribution >= 4 is 15.7 Å². The highest BCUT2D eigenvalue weighted by molar-refractivity contribution is 7.89. The fraction of sp³-hybridized carbons (Fsp3) is 0.538. The van der Waals surface area contributed by atoms with Gasteiger partial charge in [0.05, 0.1) is 4.92 Å². The standard InChI is InChI=1S/C13H17FN2O4S/c1-9-6-7-15(10(2)8-9)21(19,20)12-5-3-4-11(14)13(12)16(17)18/h3-5,9-10H,6-8H2,1-2H3. The van der Waals surface area contributed by atoms with Crippen LogP contribution >= 0.6 is 0 Å². The Morgan fingerprint density at radius 1 is 1.38 bits per heavy atom. The first-order valence-electron chi connectivity index (χ1n) is 6.70. The molecular formula is C13H17FN2O4S. The zero-order chi connectivity index (χ0) is 15.8. The van der Waals surface area contributed by atoms with Crippen molar-refractivity contribution in [3.63, 3.8) is 0 Å². The number of halogens is 1. The quantitative estimate of drug-likeness (QED) is 0.634. The van der Waals surface area contributed by atoms with Gasteiger partial charge in [0.1, 0.15) is 0 Å². The van der Waals surface area contributed by atoms with E-state index in [-0.39, 0.29) is 6.04 Å². The predicted molar refractivity (Wildman–Crippen MR) is 74.8 cm³/mol. The summed E-state index contributed by atoms with van der Waals surface area (Å²) in [5, 5.41) is 11.0. The smallest absolute Gasteiger partial charge is 0.258 e. The van der Waals surface area contributed by atoms with Crippen LogP contribution in [0.1, 0.15) is 26.7 Å². The highest BCUT2D eigenvalue weighted by Gasteiger charge is 2.38. The molecule has 1 heterocycles. The summed E-state index contributed by atoms with van der Waals surface area (Å²) < 4.78 is 40.1. The summed E-state index contributed by atoms with van der Waals surface area (Å²) >= 11 is 0. The minimum atomic E-state index is -4.08. The normalized spacial score (nSPS) is 24.0. The second-order valence-electron chi connectivity index (χ2n) is 5.44. The summed E-state index contributed by atoms with van der Waals surface area (Å²) in [6.07, 6.45) is 1.37. The topological polar surface area (TPSA) is 80.5 Å². The van der Waals surface area contributed by atoms with Crippen LogP contribution in [0.5, 0.6) is 0 Å². The van der Waals surface area contributed by atoms with E-state index in [9.17, 15) is 22.9 Å². The lowest BCUT2D eigenvalue weighted by molar-refractivity contribution is -0.390. The third-order valence-electron chi connectivity index (χ3n) is 3.80. The SMILES string of the molecule is CC1CCN(S(=O)(=O)c2cccc(F)c2[N+](=O)[O-])C(C)C1. The van der Waals surface area contributed by atoms with Crippen LogP contribution in [-0.2, 0) is 10.0 Å². The zero-order valence-electron chi connectivity index (χ0n) is 11.8. The molecule has 1 aromatic rings. The van der Waals surface area contributed by atoms with E-state index in [1.165, 1.54) is 10.4 Å². The van der Waals surface area contributed by atoms with Crippen LogP contribution in [0.3, 0.4) is 0 Å². The van der Waals surface area contributed by atoms with E-state index in [4.69, 9.17) is 0 Å². The largest absolute Gasteiger partial charge is 0.324 e. The highest BCUT2D eigenvalue weighted by atomic mass is 32.2. The van der Waals surface area contributed by atoms with E-state index in [1.807, 2.05) is 6.92 Å². The molecule has 21 heavy (non-hydrogen) atoms. The number of nitrogens with zero attached hydrogens (tertiary/aromatic N) is 2. The Morgan fingerprint density at radius 3 is 2.62 bits per heavy atom. The third kappa shape index (κ3) is 2.91. The maximum Gasteiger partial charge on any atom is 0.324 e. The average Bonchev–Trinajstić information content (AvgIpc) is 2.37. The molecule has 0 bridgehead atoms. The van der Waals surface area contributed by atoms with Gasteiger partial charge in [-0.15, -0.1) is 0 Å². The summed E-state index contributed by atoms with van der Waals surface area (Å²) in [4.78, 5) is 9.43. The Bertz CT molecular complexity index is 662. The molecule has 1 saturated heterocycles. The monoisotopic (exact) mass is 316 g/mol. The Hall–Kier alpha value is -1.54. The molecule has 2 unspecified atom stereocenters. The number of rotatable bonds is 3. The van der Waals surface area contributed by atoms with Crippen molar-refractivity contribution < 1.29 is 17.7 Å². The van der Waals surface area contributed by atoms with Gasteiger partial charge in [-0.1, -0.05) is 13.0 Å². The van der Waals surface area contributed by atoms with Gasteiger partial charge in [0.2, 0.25) is 15.8 Å². The van der Waals surface area contributed by atoms with Crippen LogP contribution in [0.15, 0.2) is 23.1 Å². The molecule has 116 valence electrons. The minimum absolute atomic E-state index is 0.262. The van der Waals surface area contributed by atoms with E-state index in [0.717, 1.165) is 12.1 Å². The van der Waals surface area contributed by atoms with E-state index >= 15 is 0 Å². The molecule has 1 aromatic carbocycles. The number of para-hydroxylation sites is 1. The molecule has 1 fully saturated rings. The van der Waals surface area contributed by atoms with Gasteiger partial charge < -0.3 is 0 Å². The molecule has 0 aliphatic carbocycles. The van der Waals surface area contributed by atoms with Gasteiger partial charge in [0.15, 0.2) is 4.90 Å². The summed E-state index contributed by atoms with van der Waals surface area (Å²) in [5.74, 6) is -0.743. The Morgan fingerprint density at radius 2 is 2.05 bits per heavy atom. The number of nitro benzene ring substituents is 1. The molecule has 1 aliphatic heterocycles. The lowest BCUT2D eigenvalue weighted by atomic mass is 9.95. The maximum absolute atomic E-state index is 13.6. The van der Waals surface area contributed by atoms with Gasteiger partial charge in [0, 0.05) is 12.6 Å². The van der Waals surface area contributed by atoms with Gasteiger partial charge >= 0.3 is 5.69 Å². The van der Waals surface area contributed by atoms with Gasteiger partial charge in [-0.05, 0) is 37.8 Å². The second kappa shape index (κ2) is 5.69. The summed E-state index contributed by atoms with van der Waals surface area (Å²) in [7, 11) is -4.08. The number of nitro groups is 1. The molecule has 6 nitrogen and oxygen atoms in total. The highest BCUT2D eigenvalue weighted by Crippen LogP contribution is 2.33. The molecular weight excluding hydrogens is 299 g/mol. The molecule has 8 heteroatoms. The molecule has 2 atom stereocenters. The minimum Gasteiger partial charge on any atom is -0.258 e. The molecule has 0 radical (unpaired) electrons. The molecule has 0 aromatic heterocycles. The lowest BCUT2D eigenvalue weighted by Gasteiger charge is -2.35. The first-order chi connectivity index (χ1) is 9.75. The van der Waals surface area contributed by atoms with Crippen molar-refractivity contribution in [3.8, 4) is 0 Å². The number of hydrogen-bond donors (Lipinski definition) is 0. The fourth-order valence-corrected chi connectivity index (χ4v) is 4.58. The van der Waals surface area contributed by atoms with E-state index in [2.05, 4.69) is 0 Å². The van der Waals surface area contributed by atoms with Crippen LogP contribution < -0.4 is 0 Å². The van der Waals surface area contributed by atoms with Crippen LogP contribution in [0.4, 0.5) is 10.1 Å². The average molecular weight is 316 g/mol. The van der Waals surface area contributed by atoms with E-state index in [1.54, 1.807) is 6.92 Å². The summed E-state index contributed by atoms with van der Waals surface area (Å²) in [6, 6.07) is 2.88. The van der Waals surface area contributed by atoms with Crippen LogP contribution in [-0.4, -0.2) is 30.2 Å². The van der Waals surface area contributed by atoms with E-state index in [0.29, 0.717) is 25.3 Å². The lowest BCUT2D eigenvalue weighted by Crippen LogP contribution is -2.44. The Kier molecular flexibility index (Phi) is 4.29. The van der Waals surface area contributed by atoms with E-state index < -0.39 is 31.3 Å². The van der Waals surface area contributed by atoms with Crippen molar-refractivity contribution in [1.29, 1.82) is 0 Å². The molecule has 0 spiro atoms. The Labute approximate surface area is 122 Å². The molecule has 2 rings (SSSR count). The second-order valence-corrected chi connectivity index (χ2v) is 7.30. The zero-order valence-corrected chi connectivity index (χ0v) is 12.6. The van der Waals surface area contributed by atoms with Crippen molar-refractivity contribution in [1.82, 2.24) is 4.31 Å². The predicted octanol–water partition coefficient (Wildman–Crippen LogP) is 2.54. The maximum atomic E-state index is 13.6. The van der Waals surface area contributed by atoms with Crippen LogP contribution in [0, 0.1) is 21.8 Å². The fourth-order valence-electron chi connectivity index (χ4n) is 2.75. The van der Waals surface area contributed by atoms with Gasteiger partial charge in [-0.3, -0.25) is 10.1 Å². The Balaban J connectivity index is 2.50. The molecule has 0 saturated carbocycles. The van der Waals surface area contributed by atoms with Crippen molar-refractivity contribution in [2.75, 3.05) is 6.54 Å². The number of hydrogen-bond acceptors (Lipinski definition) is 4. The molecule has 0 amide bonds. The summed E-state index contributed by atoms with van der Waals surface area (Å²) in [6.45, 7) is 4.09. The van der Waals surface area contributed by atoms with Crippen LogP contribution in [0.2, 0.25) is 0 Å². The molecule has 1 aliphatic rings. The van der Waals surface area contributed by atoms with Crippen LogP contribution in [0.25, 0.3) is 0 Å². The number of sulfonamides is 1. The third-order valence-corrected chi connectivity index (χ3v) is 5.84. The van der Waals surface area contributed by atoms with Crippen molar-refractivity contribution in [2.45, 2.75) is 37.6 Å². The van der Waals surface area contributed by atoms with Gasteiger partial charge in [-0.2, -0.15) is 8.70 Å². The first kappa shape index (κ1) is 15.8. The molecule has 0 N–H and O–H groups in total. The van der Waals surface area contributed by atoms with Gasteiger partial charge in [-0.25, -0.2) is 8.42 Å². The number of piperidine rings is 1. The number of benzene rings is 1. The first-order valence-corrected chi connectivity index (χ1v) is 8.14. The summed E-state index contributed by atoms with van der Waals surface area (Å²) in [5.41, 5.74) is -0.983. The van der Waals surface area contributed by atoms with Crippen molar-refractivity contribution in [2.24, 2.45) is 5.92 Å². The van der Waals surface area contributed by atoms with Gasteiger partial charge in [0.25, 0.3) is 0 Å². The van der Waals surface area contributed by atoms with Crippen molar-refractivity contribution in [3.05, 3.63) is 34.1 Å².